The molecule has 0 aliphatic heterocycles. The van der Waals surface area contributed by atoms with Crippen molar-refractivity contribution in [3.63, 3.8) is 0 Å². The monoisotopic (exact) mass is 248 g/mol. The van der Waals surface area contributed by atoms with Crippen molar-refractivity contribution < 1.29 is 23.1 Å². The topological polar surface area (TPSA) is 53.4 Å². The van der Waals surface area contributed by atoms with Gasteiger partial charge in [0.15, 0.2) is 0 Å². The van der Waals surface area contributed by atoms with E-state index in [0.717, 1.165) is 11.1 Å². The van der Waals surface area contributed by atoms with E-state index in [1.165, 1.54) is 19.3 Å². The van der Waals surface area contributed by atoms with E-state index in [-0.39, 0.29) is 11.3 Å². The van der Waals surface area contributed by atoms with Crippen LogP contribution < -0.4 is 0 Å². The molecule has 0 aliphatic rings. The van der Waals surface area contributed by atoms with Crippen molar-refractivity contribution in [2.24, 2.45) is 0 Å². The van der Waals surface area contributed by atoms with Crippen LogP contribution in [0.3, 0.4) is 0 Å². The lowest BCUT2D eigenvalue weighted by Crippen LogP contribution is -2.30. The van der Waals surface area contributed by atoms with Crippen molar-refractivity contribution >= 4 is 5.91 Å². The Morgan fingerprint density at radius 3 is 2.71 bits per heavy atom. The van der Waals surface area contributed by atoms with Crippen LogP contribution in [-0.2, 0) is 0 Å². The molecule has 0 aliphatic carbocycles. The highest BCUT2D eigenvalue weighted by molar-refractivity contribution is 5.96. The summed E-state index contributed by atoms with van der Waals surface area (Å²) in [6.45, 7) is -0.454. The summed E-state index contributed by atoms with van der Waals surface area (Å²) in [5.41, 5.74) is -0.0651. The van der Waals surface area contributed by atoms with Gasteiger partial charge in [-0.1, -0.05) is 0 Å². The van der Waals surface area contributed by atoms with Crippen LogP contribution >= 0.6 is 0 Å². The molecule has 0 atom stereocenters. The fourth-order valence-corrected chi connectivity index (χ4v) is 1.17. The number of hydrogen-bond acceptors (Lipinski definition) is 3. The third-order valence-corrected chi connectivity index (χ3v) is 2.11. The Bertz CT molecular complexity index is 407. The van der Waals surface area contributed by atoms with Crippen molar-refractivity contribution in [3.05, 3.63) is 24.0 Å². The second kappa shape index (κ2) is 5.03. The van der Waals surface area contributed by atoms with Crippen molar-refractivity contribution in [3.8, 4) is 5.75 Å². The van der Waals surface area contributed by atoms with Crippen LogP contribution in [0.1, 0.15) is 16.8 Å². The van der Waals surface area contributed by atoms with Gasteiger partial charge in [-0.25, -0.2) is 0 Å². The predicted molar refractivity (Wildman–Crippen MR) is 53.5 cm³/mol. The molecule has 1 amide bonds. The number of nitrogens with zero attached hydrogens (tertiary/aromatic N) is 2. The number of amides is 1. The van der Waals surface area contributed by atoms with E-state index in [4.69, 9.17) is 0 Å². The Morgan fingerprint density at radius 1 is 1.53 bits per heavy atom. The van der Waals surface area contributed by atoms with Gasteiger partial charge < -0.3 is 10.0 Å². The smallest absolute Gasteiger partial charge is 0.390 e. The molecule has 0 bridgehead atoms. The van der Waals surface area contributed by atoms with Crippen molar-refractivity contribution in [2.45, 2.75) is 12.6 Å². The molecule has 7 heteroatoms. The molecule has 4 nitrogen and oxygen atoms in total. The van der Waals surface area contributed by atoms with E-state index in [1.54, 1.807) is 0 Å². The maximum Gasteiger partial charge on any atom is 0.390 e. The molecule has 1 aromatic heterocycles. The van der Waals surface area contributed by atoms with Gasteiger partial charge in [0.1, 0.15) is 5.75 Å². The molecule has 0 unspecified atom stereocenters. The SMILES string of the molecule is CN(CCC(F)(F)F)C(=O)c1ccncc1O. The summed E-state index contributed by atoms with van der Waals surface area (Å²) >= 11 is 0. The fraction of sp³-hybridized carbons (Fsp3) is 0.400. The van der Waals surface area contributed by atoms with Crippen LogP contribution in [0.4, 0.5) is 13.2 Å². The highest BCUT2D eigenvalue weighted by atomic mass is 19.4. The van der Waals surface area contributed by atoms with Gasteiger partial charge in [0.25, 0.3) is 5.91 Å². The van der Waals surface area contributed by atoms with Gasteiger partial charge in [0.05, 0.1) is 18.2 Å². The molecule has 0 saturated carbocycles. The van der Waals surface area contributed by atoms with E-state index < -0.39 is 25.0 Å². The number of rotatable bonds is 3. The largest absolute Gasteiger partial charge is 0.505 e. The van der Waals surface area contributed by atoms with E-state index in [0.29, 0.717) is 0 Å². The zero-order valence-electron chi connectivity index (χ0n) is 9.03. The molecule has 1 heterocycles. The molecule has 1 rings (SSSR count). The number of halogens is 3. The van der Waals surface area contributed by atoms with Crippen molar-refractivity contribution in [1.82, 2.24) is 9.88 Å². The second-order valence-electron chi connectivity index (χ2n) is 3.48. The Hall–Kier alpha value is -1.79. The maximum atomic E-state index is 12.0. The normalized spacial score (nSPS) is 11.3. The summed E-state index contributed by atoms with van der Waals surface area (Å²) in [6, 6.07) is 1.25. The summed E-state index contributed by atoms with van der Waals surface area (Å²) in [4.78, 5) is 16.1. The maximum absolute atomic E-state index is 12.0. The third-order valence-electron chi connectivity index (χ3n) is 2.11. The van der Waals surface area contributed by atoms with Gasteiger partial charge in [-0.05, 0) is 6.07 Å². The predicted octanol–water partition coefficient (Wildman–Crippen LogP) is 1.81. The second-order valence-corrected chi connectivity index (χ2v) is 3.48. The average molecular weight is 248 g/mol. The van der Waals surface area contributed by atoms with E-state index in [9.17, 15) is 23.1 Å². The highest BCUT2D eigenvalue weighted by Gasteiger charge is 2.28. The number of pyridine rings is 1. The average Bonchev–Trinajstić information content (AvgIpc) is 2.24. The first kappa shape index (κ1) is 13.3. The molecule has 0 saturated heterocycles. The third kappa shape index (κ3) is 3.93. The lowest BCUT2D eigenvalue weighted by Gasteiger charge is -2.18. The first-order chi connectivity index (χ1) is 7.81. The summed E-state index contributed by atoms with van der Waals surface area (Å²) in [7, 11) is 1.24. The molecule has 0 spiro atoms. The van der Waals surface area contributed by atoms with Crippen LogP contribution in [0.5, 0.6) is 5.75 Å². The molecule has 1 aromatic rings. The lowest BCUT2D eigenvalue weighted by atomic mass is 10.2. The number of hydrogen-bond donors (Lipinski definition) is 1. The molecular formula is C10H11F3N2O2. The standard InChI is InChI=1S/C10H11F3N2O2/c1-15(5-3-10(11,12)13)9(17)7-2-4-14-6-8(7)16/h2,4,6,16H,3,5H2,1H3. The molecule has 0 aromatic carbocycles. The minimum absolute atomic E-state index is 0.0651. The van der Waals surface area contributed by atoms with Gasteiger partial charge in [-0.3, -0.25) is 9.78 Å². The Kier molecular flexibility index (Phi) is 3.93. The van der Waals surface area contributed by atoms with Gasteiger partial charge in [0, 0.05) is 19.8 Å². The van der Waals surface area contributed by atoms with Crippen LogP contribution in [0.25, 0.3) is 0 Å². The minimum Gasteiger partial charge on any atom is -0.505 e. The Balaban J connectivity index is 2.68. The summed E-state index contributed by atoms with van der Waals surface area (Å²) < 4.78 is 35.9. The van der Waals surface area contributed by atoms with Gasteiger partial charge in [-0.2, -0.15) is 13.2 Å². The quantitative estimate of drug-likeness (QED) is 0.887. The first-order valence-electron chi connectivity index (χ1n) is 4.76. The van der Waals surface area contributed by atoms with Gasteiger partial charge in [-0.15, -0.1) is 0 Å². The number of carbonyl (C=O) groups is 1. The minimum atomic E-state index is -4.31. The van der Waals surface area contributed by atoms with Crippen molar-refractivity contribution in [2.75, 3.05) is 13.6 Å². The molecule has 94 valence electrons. The first-order valence-corrected chi connectivity index (χ1v) is 4.76. The number of alkyl halides is 3. The van der Waals surface area contributed by atoms with Crippen LogP contribution in [-0.4, -0.2) is 40.7 Å². The Labute approximate surface area is 95.7 Å². The Morgan fingerprint density at radius 2 is 2.18 bits per heavy atom. The van der Waals surface area contributed by atoms with Gasteiger partial charge in [0.2, 0.25) is 0 Å². The molecule has 17 heavy (non-hydrogen) atoms. The van der Waals surface area contributed by atoms with E-state index in [2.05, 4.69) is 4.98 Å². The van der Waals surface area contributed by atoms with Crippen LogP contribution in [0.15, 0.2) is 18.5 Å². The molecule has 0 fully saturated rings. The number of carbonyl (C=O) groups excluding carboxylic acids is 1. The van der Waals surface area contributed by atoms with Crippen LogP contribution in [0, 0.1) is 0 Å². The zero-order valence-corrected chi connectivity index (χ0v) is 9.03. The number of aromatic hydroxyl groups is 1. The summed E-state index contributed by atoms with van der Waals surface area (Å²) in [5, 5.41) is 9.33. The fourth-order valence-electron chi connectivity index (χ4n) is 1.17. The molecular weight excluding hydrogens is 237 g/mol. The lowest BCUT2D eigenvalue weighted by molar-refractivity contribution is -0.136. The van der Waals surface area contributed by atoms with Crippen LogP contribution in [0.2, 0.25) is 0 Å². The zero-order chi connectivity index (χ0) is 13.1. The van der Waals surface area contributed by atoms with Gasteiger partial charge >= 0.3 is 6.18 Å². The number of aromatic nitrogens is 1. The summed E-state index contributed by atoms with van der Waals surface area (Å²) in [6.07, 6.45) is -3.05. The molecule has 1 N–H and O–H groups in total. The summed E-state index contributed by atoms with van der Waals surface area (Å²) in [5.74, 6) is -1.02. The van der Waals surface area contributed by atoms with E-state index >= 15 is 0 Å². The molecule has 0 radical (unpaired) electrons. The van der Waals surface area contributed by atoms with Crippen molar-refractivity contribution in [1.29, 1.82) is 0 Å². The van der Waals surface area contributed by atoms with E-state index in [1.807, 2.05) is 0 Å². The highest BCUT2D eigenvalue weighted by Crippen LogP contribution is 2.21.